The largest absolute Gasteiger partial charge is 0.489 e. The molecule has 9 heteroatoms. The zero-order chi connectivity index (χ0) is 23.4. The van der Waals surface area contributed by atoms with Crippen LogP contribution >= 0.6 is 23.2 Å². The summed E-state index contributed by atoms with van der Waals surface area (Å²) in [4.78, 5) is 29.4. The summed E-state index contributed by atoms with van der Waals surface area (Å²) in [7, 11) is 0. The van der Waals surface area contributed by atoms with Crippen molar-refractivity contribution in [2.75, 3.05) is 5.32 Å². The minimum atomic E-state index is -1.15. The molecule has 0 unspecified atom stereocenters. The summed E-state index contributed by atoms with van der Waals surface area (Å²) < 4.78 is 16.9. The van der Waals surface area contributed by atoms with Crippen LogP contribution in [0.3, 0.4) is 0 Å². The van der Waals surface area contributed by atoms with E-state index in [0.717, 1.165) is 5.39 Å². The second-order valence-corrected chi connectivity index (χ2v) is 7.87. The molecule has 2 aromatic heterocycles. The molecule has 1 amide bonds. The molecule has 0 fully saturated rings. The van der Waals surface area contributed by atoms with Crippen LogP contribution in [-0.4, -0.2) is 23.0 Å². The van der Waals surface area contributed by atoms with Crippen molar-refractivity contribution in [3.8, 4) is 5.75 Å². The van der Waals surface area contributed by atoms with Crippen LogP contribution in [0.1, 0.15) is 23.0 Å². The monoisotopic (exact) mass is 484 g/mol. The smallest absolute Gasteiger partial charge is 0.375 e. The van der Waals surface area contributed by atoms with E-state index in [2.05, 4.69) is 10.3 Å². The van der Waals surface area contributed by atoms with Gasteiger partial charge >= 0.3 is 5.97 Å². The molecule has 4 rings (SSSR count). The Kier molecular flexibility index (Phi) is 6.82. The first-order valence-corrected chi connectivity index (χ1v) is 10.7. The lowest BCUT2D eigenvalue weighted by molar-refractivity contribution is -0.123. The van der Waals surface area contributed by atoms with E-state index in [-0.39, 0.29) is 23.2 Å². The number of pyridine rings is 1. The summed E-state index contributed by atoms with van der Waals surface area (Å²) in [5.74, 6) is -0.694. The van der Waals surface area contributed by atoms with Gasteiger partial charge in [0.05, 0.1) is 15.6 Å². The molecule has 1 atom stereocenters. The molecule has 1 N–H and O–H groups in total. The number of benzene rings is 2. The second-order valence-electron chi connectivity index (χ2n) is 7.03. The average Bonchev–Trinajstić information content (AvgIpc) is 3.19. The van der Waals surface area contributed by atoms with Crippen molar-refractivity contribution in [1.29, 1.82) is 0 Å². The van der Waals surface area contributed by atoms with Crippen molar-refractivity contribution in [3.63, 3.8) is 0 Å². The van der Waals surface area contributed by atoms with E-state index >= 15 is 0 Å². The number of carbonyl (C=O) groups is 2. The third kappa shape index (κ3) is 5.27. The van der Waals surface area contributed by atoms with E-state index in [1.807, 2.05) is 42.5 Å². The van der Waals surface area contributed by atoms with Gasteiger partial charge in [-0.25, -0.2) is 9.78 Å². The average molecular weight is 485 g/mol. The van der Waals surface area contributed by atoms with Gasteiger partial charge in [0, 0.05) is 11.6 Å². The molecule has 0 radical (unpaired) electrons. The third-order valence-corrected chi connectivity index (χ3v) is 5.21. The van der Waals surface area contributed by atoms with Gasteiger partial charge in [-0.1, -0.05) is 59.6 Å². The van der Waals surface area contributed by atoms with Crippen LogP contribution in [-0.2, 0) is 16.1 Å². The van der Waals surface area contributed by atoms with Gasteiger partial charge in [-0.3, -0.25) is 4.79 Å². The predicted octanol–water partition coefficient (Wildman–Crippen LogP) is 5.90. The van der Waals surface area contributed by atoms with Crippen LogP contribution in [0.4, 0.5) is 5.82 Å². The Morgan fingerprint density at radius 1 is 1.09 bits per heavy atom. The highest BCUT2D eigenvalue weighted by Crippen LogP contribution is 2.28. The number of ether oxygens (including phenoxy) is 2. The molecule has 168 valence electrons. The molecule has 0 bridgehead atoms. The van der Waals surface area contributed by atoms with E-state index < -0.39 is 18.0 Å². The van der Waals surface area contributed by atoms with Crippen LogP contribution < -0.4 is 10.1 Å². The maximum Gasteiger partial charge on any atom is 0.375 e. The Balaban J connectivity index is 1.51. The van der Waals surface area contributed by atoms with Crippen molar-refractivity contribution in [2.24, 2.45) is 0 Å². The summed E-state index contributed by atoms with van der Waals surface area (Å²) in [6, 6.07) is 17.8. The van der Waals surface area contributed by atoms with Gasteiger partial charge < -0.3 is 19.2 Å². The molecule has 4 aromatic rings. The number of carbonyl (C=O) groups excluding carboxylic acids is 2. The number of para-hydroxylation sites is 2. The number of hydrogen-bond acceptors (Lipinski definition) is 6. The highest BCUT2D eigenvalue weighted by molar-refractivity contribution is 6.36. The number of nitrogens with zero attached hydrogens (tertiary/aromatic N) is 1. The van der Waals surface area contributed by atoms with Gasteiger partial charge in [-0.15, -0.1) is 0 Å². The summed E-state index contributed by atoms with van der Waals surface area (Å²) in [5, 5.41) is 3.71. The fourth-order valence-corrected chi connectivity index (χ4v) is 3.50. The zero-order valence-electron chi connectivity index (χ0n) is 17.4. The van der Waals surface area contributed by atoms with E-state index in [4.69, 9.17) is 37.1 Å². The van der Waals surface area contributed by atoms with E-state index in [1.165, 1.54) is 19.2 Å². The molecule has 33 heavy (non-hydrogen) atoms. The number of rotatable bonds is 7. The summed E-state index contributed by atoms with van der Waals surface area (Å²) in [6.07, 6.45) is 0.190. The molecule has 0 aliphatic carbocycles. The van der Waals surface area contributed by atoms with Gasteiger partial charge in [0.1, 0.15) is 17.9 Å². The Morgan fingerprint density at radius 2 is 1.82 bits per heavy atom. The highest BCUT2D eigenvalue weighted by Gasteiger charge is 2.26. The Hall–Kier alpha value is -3.55. The van der Waals surface area contributed by atoms with Crippen LogP contribution in [0.25, 0.3) is 11.0 Å². The molecule has 0 spiro atoms. The predicted molar refractivity (Wildman–Crippen MR) is 125 cm³/mol. The summed E-state index contributed by atoms with van der Waals surface area (Å²) in [5.41, 5.74) is 1.03. The number of fused-ring (bicyclic) bond motifs is 1. The Labute approximate surface area is 199 Å². The van der Waals surface area contributed by atoms with Crippen molar-refractivity contribution in [3.05, 3.63) is 88.2 Å². The number of hydrogen-bond donors (Lipinski definition) is 1. The minimum absolute atomic E-state index is 0.0329. The van der Waals surface area contributed by atoms with Crippen LogP contribution in [0.2, 0.25) is 10.0 Å². The molecule has 2 aromatic carbocycles. The third-order valence-electron chi connectivity index (χ3n) is 4.71. The zero-order valence-corrected chi connectivity index (χ0v) is 18.9. The number of amides is 1. The standard InChI is InChI=1S/C24H18Cl2N2O5/c1-14(23(29)28-22-19(26)11-15(25)12-27-22)32-24(30)21-18(13-31-16-7-3-2-4-8-16)17-9-5-6-10-20(17)33-21/h2-12,14H,13H2,1H3,(H,27,28,29)/t14-/m0/s1. The lowest BCUT2D eigenvalue weighted by atomic mass is 10.1. The molecular formula is C24H18Cl2N2O5. The summed E-state index contributed by atoms with van der Waals surface area (Å²) >= 11 is 11.8. The van der Waals surface area contributed by atoms with Crippen molar-refractivity contribution < 1.29 is 23.5 Å². The number of furan rings is 1. The maximum atomic E-state index is 12.9. The van der Waals surface area contributed by atoms with Gasteiger partial charge in [-0.2, -0.15) is 0 Å². The fraction of sp³-hybridized carbons (Fsp3) is 0.125. The molecule has 7 nitrogen and oxygen atoms in total. The molecular weight excluding hydrogens is 467 g/mol. The van der Waals surface area contributed by atoms with Crippen LogP contribution in [0, 0.1) is 0 Å². The Bertz CT molecular complexity index is 1310. The first kappa shape index (κ1) is 22.6. The van der Waals surface area contributed by atoms with E-state index in [0.29, 0.717) is 21.9 Å². The lowest BCUT2D eigenvalue weighted by Crippen LogP contribution is -2.30. The number of aromatic nitrogens is 1. The van der Waals surface area contributed by atoms with E-state index in [1.54, 1.807) is 12.1 Å². The molecule has 2 heterocycles. The van der Waals surface area contributed by atoms with Crippen molar-refractivity contribution >= 4 is 51.9 Å². The molecule has 0 aliphatic heterocycles. The number of nitrogens with one attached hydrogen (secondary N) is 1. The minimum Gasteiger partial charge on any atom is -0.489 e. The van der Waals surface area contributed by atoms with E-state index in [9.17, 15) is 9.59 Å². The maximum absolute atomic E-state index is 12.9. The fourth-order valence-electron chi connectivity index (χ4n) is 3.07. The first-order valence-electron chi connectivity index (χ1n) is 9.93. The van der Waals surface area contributed by atoms with Crippen LogP contribution in [0.15, 0.2) is 71.3 Å². The van der Waals surface area contributed by atoms with Gasteiger partial charge in [-0.05, 0) is 31.2 Å². The van der Waals surface area contributed by atoms with Crippen molar-refractivity contribution in [1.82, 2.24) is 4.98 Å². The number of esters is 1. The quantitative estimate of drug-likeness (QED) is 0.328. The lowest BCUT2D eigenvalue weighted by Gasteiger charge is -2.13. The van der Waals surface area contributed by atoms with Crippen molar-refractivity contribution in [2.45, 2.75) is 19.6 Å². The Morgan fingerprint density at radius 3 is 2.58 bits per heavy atom. The number of halogens is 2. The van der Waals surface area contributed by atoms with Gasteiger partial charge in [0.25, 0.3) is 5.91 Å². The SMILES string of the molecule is C[C@H](OC(=O)c1oc2ccccc2c1COc1ccccc1)C(=O)Nc1ncc(Cl)cc1Cl. The normalized spacial score (nSPS) is 11.7. The second kappa shape index (κ2) is 9.94. The topological polar surface area (TPSA) is 90.7 Å². The molecule has 0 aliphatic rings. The highest BCUT2D eigenvalue weighted by atomic mass is 35.5. The summed E-state index contributed by atoms with van der Waals surface area (Å²) in [6.45, 7) is 1.51. The van der Waals surface area contributed by atoms with Crippen LogP contribution in [0.5, 0.6) is 5.75 Å². The van der Waals surface area contributed by atoms with Gasteiger partial charge in [0.2, 0.25) is 5.76 Å². The molecule has 0 saturated heterocycles. The van der Waals surface area contributed by atoms with Gasteiger partial charge in [0.15, 0.2) is 11.9 Å². The number of anilines is 1. The molecule has 0 saturated carbocycles. The first-order chi connectivity index (χ1) is 15.9.